The summed E-state index contributed by atoms with van der Waals surface area (Å²) in [6.07, 6.45) is 0. The van der Waals surface area contributed by atoms with Crippen molar-refractivity contribution in [3.8, 4) is 0 Å². The number of ether oxygens (including phenoxy) is 1. The SMILES string of the molecule is O=C(CN1CCN(c2nc3ccccc3s2)CC1)N1CCOCC1. The van der Waals surface area contributed by atoms with Crippen molar-refractivity contribution in [2.75, 3.05) is 63.9 Å². The fourth-order valence-electron chi connectivity index (χ4n) is 3.20. The second-order valence-electron chi connectivity index (χ2n) is 6.22. The summed E-state index contributed by atoms with van der Waals surface area (Å²) in [5, 5.41) is 1.09. The summed E-state index contributed by atoms with van der Waals surface area (Å²) in [5.41, 5.74) is 1.07. The van der Waals surface area contributed by atoms with Crippen LogP contribution in [0.2, 0.25) is 0 Å². The molecule has 6 nitrogen and oxygen atoms in total. The predicted molar refractivity (Wildman–Crippen MR) is 95.7 cm³/mol. The molecule has 0 bridgehead atoms. The number of carbonyl (C=O) groups is 1. The monoisotopic (exact) mass is 346 g/mol. The second kappa shape index (κ2) is 7.04. The lowest BCUT2D eigenvalue weighted by Gasteiger charge is -2.35. The number of piperazine rings is 1. The van der Waals surface area contributed by atoms with Crippen molar-refractivity contribution in [2.45, 2.75) is 0 Å². The molecule has 0 saturated carbocycles. The molecule has 2 saturated heterocycles. The van der Waals surface area contributed by atoms with Crippen molar-refractivity contribution < 1.29 is 9.53 Å². The molecule has 0 N–H and O–H groups in total. The molecule has 0 atom stereocenters. The zero-order valence-corrected chi connectivity index (χ0v) is 14.5. The minimum atomic E-state index is 0.228. The first kappa shape index (κ1) is 15.8. The summed E-state index contributed by atoms with van der Waals surface area (Å²) in [6.45, 7) is 6.97. The van der Waals surface area contributed by atoms with E-state index >= 15 is 0 Å². The number of fused-ring (bicyclic) bond motifs is 1. The van der Waals surface area contributed by atoms with Crippen LogP contribution >= 0.6 is 11.3 Å². The van der Waals surface area contributed by atoms with Gasteiger partial charge in [0.25, 0.3) is 0 Å². The highest BCUT2D eigenvalue weighted by atomic mass is 32.1. The lowest BCUT2D eigenvalue weighted by Crippen LogP contribution is -2.51. The average Bonchev–Trinajstić information content (AvgIpc) is 3.07. The van der Waals surface area contributed by atoms with E-state index in [-0.39, 0.29) is 5.91 Å². The van der Waals surface area contributed by atoms with Gasteiger partial charge in [0.2, 0.25) is 5.91 Å². The van der Waals surface area contributed by atoms with E-state index in [4.69, 9.17) is 9.72 Å². The highest BCUT2D eigenvalue weighted by Crippen LogP contribution is 2.29. The van der Waals surface area contributed by atoms with Crippen LogP contribution in [-0.4, -0.2) is 79.7 Å². The number of nitrogens with zero attached hydrogens (tertiary/aromatic N) is 4. The molecule has 1 aromatic carbocycles. The van der Waals surface area contributed by atoms with E-state index in [2.05, 4.69) is 28.0 Å². The smallest absolute Gasteiger partial charge is 0.236 e. The predicted octanol–water partition coefficient (Wildman–Crippen LogP) is 1.28. The Hall–Kier alpha value is -1.70. The zero-order chi connectivity index (χ0) is 16.4. The van der Waals surface area contributed by atoms with Gasteiger partial charge in [0.1, 0.15) is 0 Å². The number of amides is 1. The maximum absolute atomic E-state index is 12.3. The number of hydrogen-bond donors (Lipinski definition) is 0. The summed E-state index contributed by atoms with van der Waals surface area (Å²) < 4.78 is 6.54. The highest BCUT2D eigenvalue weighted by molar-refractivity contribution is 7.22. The van der Waals surface area contributed by atoms with Gasteiger partial charge in [-0.05, 0) is 12.1 Å². The summed E-state index contributed by atoms with van der Waals surface area (Å²) in [5.74, 6) is 0.228. The fourth-order valence-corrected chi connectivity index (χ4v) is 4.21. The van der Waals surface area contributed by atoms with Gasteiger partial charge in [-0.3, -0.25) is 9.69 Å². The third kappa shape index (κ3) is 3.38. The summed E-state index contributed by atoms with van der Waals surface area (Å²) in [7, 11) is 0. The second-order valence-corrected chi connectivity index (χ2v) is 7.23. The Morgan fingerprint density at radius 3 is 2.58 bits per heavy atom. The first-order valence-corrected chi connectivity index (χ1v) is 9.30. The number of anilines is 1. The number of aromatic nitrogens is 1. The largest absolute Gasteiger partial charge is 0.378 e. The van der Waals surface area contributed by atoms with Crippen LogP contribution in [0.3, 0.4) is 0 Å². The molecular weight excluding hydrogens is 324 g/mol. The van der Waals surface area contributed by atoms with Gasteiger partial charge in [-0.15, -0.1) is 0 Å². The molecule has 2 fully saturated rings. The van der Waals surface area contributed by atoms with Gasteiger partial charge < -0.3 is 14.5 Å². The number of carbonyl (C=O) groups excluding carboxylic acids is 1. The van der Waals surface area contributed by atoms with Gasteiger partial charge in [-0.25, -0.2) is 4.98 Å². The quantitative estimate of drug-likeness (QED) is 0.838. The Labute approximate surface area is 145 Å². The van der Waals surface area contributed by atoms with Crippen molar-refractivity contribution in [1.29, 1.82) is 0 Å². The Balaban J connectivity index is 1.32. The minimum absolute atomic E-state index is 0.228. The molecule has 7 heteroatoms. The number of rotatable bonds is 3. The van der Waals surface area contributed by atoms with Gasteiger partial charge >= 0.3 is 0 Å². The van der Waals surface area contributed by atoms with Gasteiger partial charge in [-0.1, -0.05) is 23.5 Å². The van der Waals surface area contributed by atoms with Crippen LogP contribution in [0.15, 0.2) is 24.3 Å². The first-order chi connectivity index (χ1) is 11.8. The third-order valence-electron chi connectivity index (χ3n) is 4.65. The fraction of sp³-hybridized carbons (Fsp3) is 0.529. The van der Waals surface area contributed by atoms with E-state index in [0.717, 1.165) is 49.9 Å². The maximum Gasteiger partial charge on any atom is 0.236 e. The van der Waals surface area contributed by atoms with Gasteiger partial charge in [-0.2, -0.15) is 0 Å². The van der Waals surface area contributed by atoms with E-state index in [9.17, 15) is 4.79 Å². The standard InChI is InChI=1S/C17H22N4O2S/c22-16(20-9-11-23-12-10-20)13-19-5-7-21(8-6-19)17-18-14-3-1-2-4-15(14)24-17/h1-4H,5-13H2. The van der Waals surface area contributed by atoms with E-state index in [1.165, 1.54) is 4.70 Å². The number of hydrogen-bond acceptors (Lipinski definition) is 6. The van der Waals surface area contributed by atoms with Crippen molar-refractivity contribution in [2.24, 2.45) is 0 Å². The van der Waals surface area contributed by atoms with Crippen LogP contribution < -0.4 is 4.90 Å². The molecule has 0 unspecified atom stereocenters. The normalized spacial score (nSPS) is 19.8. The molecule has 1 amide bonds. The molecular formula is C17H22N4O2S. The number of morpholine rings is 1. The van der Waals surface area contributed by atoms with Crippen molar-refractivity contribution in [1.82, 2.24) is 14.8 Å². The molecule has 128 valence electrons. The van der Waals surface area contributed by atoms with E-state index < -0.39 is 0 Å². The molecule has 0 aliphatic carbocycles. The maximum atomic E-state index is 12.3. The minimum Gasteiger partial charge on any atom is -0.378 e. The topological polar surface area (TPSA) is 48.9 Å². The van der Waals surface area contributed by atoms with Crippen molar-refractivity contribution in [3.63, 3.8) is 0 Å². The summed E-state index contributed by atoms with van der Waals surface area (Å²) in [6, 6.07) is 8.26. The van der Waals surface area contributed by atoms with Gasteiger partial charge in [0.05, 0.1) is 30.0 Å². The Bertz CT molecular complexity index is 672. The molecule has 24 heavy (non-hydrogen) atoms. The van der Waals surface area contributed by atoms with Crippen LogP contribution in [-0.2, 0) is 9.53 Å². The number of benzene rings is 1. The third-order valence-corrected chi connectivity index (χ3v) is 5.75. The van der Waals surface area contributed by atoms with Crippen molar-refractivity contribution >= 4 is 32.6 Å². The van der Waals surface area contributed by atoms with Crippen LogP contribution in [0.1, 0.15) is 0 Å². The Morgan fingerprint density at radius 1 is 1.08 bits per heavy atom. The van der Waals surface area contributed by atoms with Gasteiger partial charge in [0.15, 0.2) is 5.13 Å². The van der Waals surface area contributed by atoms with Crippen molar-refractivity contribution in [3.05, 3.63) is 24.3 Å². The highest BCUT2D eigenvalue weighted by Gasteiger charge is 2.24. The number of para-hydroxylation sites is 1. The zero-order valence-electron chi connectivity index (χ0n) is 13.7. The van der Waals surface area contributed by atoms with Gasteiger partial charge in [0, 0.05) is 39.3 Å². The average molecular weight is 346 g/mol. The molecule has 3 heterocycles. The van der Waals surface area contributed by atoms with E-state index in [1.54, 1.807) is 11.3 Å². The molecule has 2 aliphatic heterocycles. The first-order valence-electron chi connectivity index (χ1n) is 8.48. The molecule has 0 spiro atoms. The molecule has 2 aliphatic rings. The molecule has 0 radical (unpaired) electrons. The lowest BCUT2D eigenvalue weighted by atomic mass is 10.3. The number of thiazole rings is 1. The van der Waals surface area contributed by atoms with Crippen LogP contribution in [0, 0.1) is 0 Å². The van der Waals surface area contributed by atoms with Crippen LogP contribution in [0.4, 0.5) is 5.13 Å². The Morgan fingerprint density at radius 2 is 1.83 bits per heavy atom. The molecule has 1 aromatic heterocycles. The van der Waals surface area contributed by atoms with Crippen LogP contribution in [0.25, 0.3) is 10.2 Å². The molecule has 4 rings (SSSR count). The summed E-state index contributed by atoms with van der Waals surface area (Å²) in [4.78, 5) is 23.6. The molecule has 2 aromatic rings. The lowest BCUT2D eigenvalue weighted by molar-refractivity contribution is -0.136. The Kier molecular flexibility index (Phi) is 4.64. The van der Waals surface area contributed by atoms with E-state index in [1.807, 2.05) is 11.0 Å². The summed E-state index contributed by atoms with van der Waals surface area (Å²) >= 11 is 1.75. The van der Waals surface area contributed by atoms with Crippen LogP contribution in [0.5, 0.6) is 0 Å². The van der Waals surface area contributed by atoms with E-state index in [0.29, 0.717) is 19.8 Å².